The molecule has 3 saturated heterocycles. The van der Waals surface area contributed by atoms with E-state index in [0.29, 0.717) is 41.7 Å². The van der Waals surface area contributed by atoms with Crippen molar-refractivity contribution >= 4 is 62.9 Å². The molecule has 6 heterocycles. The minimum atomic E-state index is -1.28. The summed E-state index contributed by atoms with van der Waals surface area (Å²) in [5.74, 6) is 2.05. The first kappa shape index (κ1) is 38.7. The molecule has 0 bridgehead atoms. The summed E-state index contributed by atoms with van der Waals surface area (Å²) in [4.78, 5) is 40.0. The van der Waals surface area contributed by atoms with Gasteiger partial charge in [-0.3, -0.25) is 24.0 Å². The summed E-state index contributed by atoms with van der Waals surface area (Å²) in [5, 5.41) is 18.8. The Morgan fingerprint density at radius 2 is 1.71 bits per heavy atom. The van der Waals surface area contributed by atoms with Crippen LogP contribution in [0.15, 0.2) is 72.0 Å². The second-order valence-corrected chi connectivity index (χ2v) is 16.4. The van der Waals surface area contributed by atoms with Gasteiger partial charge in [0.05, 0.1) is 33.9 Å². The average molecular weight is 789 g/mol. The Morgan fingerprint density at radius 1 is 0.945 bits per heavy atom. The number of rotatable bonds is 9. The summed E-state index contributed by atoms with van der Waals surface area (Å²) < 4.78 is 17.3. The van der Waals surface area contributed by atoms with E-state index in [1.54, 1.807) is 17.3 Å². The van der Waals surface area contributed by atoms with E-state index in [9.17, 15) is 13.8 Å². The van der Waals surface area contributed by atoms with E-state index in [4.69, 9.17) is 16.7 Å². The molecule has 1 unspecified atom stereocenters. The number of carbonyl (C=O) groups excluding carboxylic acids is 2. The highest BCUT2D eigenvalue weighted by Gasteiger charge is 2.30. The van der Waals surface area contributed by atoms with Gasteiger partial charge in [0, 0.05) is 70.6 Å². The second-order valence-electron chi connectivity index (χ2n) is 14.5. The van der Waals surface area contributed by atoms with Gasteiger partial charge < -0.3 is 20.2 Å². The van der Waals surface area contributed by atoms with Crippen LogP contribution in [0.25, 0.3) is 10.9 Å². The molecule has 14 nitrogen and oxygen atoms in total. The molecule has 3 amide bonds. The highest BCUT2D eigenvalue weighted by atomic mass is 35.5. The van der Waals surface area contributed by atoms with Crippen molar-refractivity contribution in [2.75, 3.05) is 68.0 Å². The molecule has 0 radical (unpaired) electrons. The Labute approximate surface area is 329 Å². The lowest BCUT2D eigenvalue weighted by atomic mass is 9.88. The number of urea groups is 1. The number of anilines is 3. The third kappa shape index (κ3) is 8.96. The van der Waals surface area contributed by atoms with Gasteiger partial charge in [0.2, 0.25) is 11.9 Å². The summed E-state index contributed by atoms with van der Waals surface area (Å²) in [5.41, 5.74) is 3.47. The third-order valence-electron chi connectivity index (χ3n) is 11.0. The first-order valence-corrected chi connectivity index (χ1v) is 20.5. The zero-order chi connectivity index (χ0) is 38.5. The van der Waals surface area contributed by atoms with Gasteiger partial charge in [0.15, 0.2) is 16.8 Å². The van der Waals surface area contributed by atoms with Crippen LogP contribution < -0.4 is 20.4 Å². The topological polar surface area (TPSA) is 152 Å². The molecule has 2 aromatic heterocycles. The van der Waals surface area contributed by atoms with Crippen LogP contribution in [0.5, 0.6) is 0 Å². The first-order valence-electron chi connectivity index (χ1n) is 19.0. The number of aromatic nitrogens is 4. The Bertz CT molecular complexity index is 2030. The standard InChI is InChI=1S/C38H45ClN10O3S.CH4O/c1-45-34-21-28(5-6-33(34)36(44-45)49-20-13-35(50)43-38(49)51)27-9-14-46(15-10-27)25-26-7-16-47(17-8-26)31-3-2-4-32(22-31)53(52)48-18-11-30(12-19-48)42-37-40-23-29(39)24-41-37;1-2/h2-6,11,18,21-24,26-27,30H,7-10,12-17,19-20,25H2,1H3,(H,40,41,42)(H,43,50,51);2H,1H3/t30-,53?;/m1./s1. The number of fused-ring (bicyclic) bond motifs is 1. The van der Waals surface area contributed by atoms with Gasteiger partial charge in [0.25, 0.3) is 0 Å². The van der Waals surface area contributed by atoms with Gasteiger partial charge in [-0.2, -0.15) is 5.10 Å². The lowest BCUT2D eigenvalue weighted by molar-refractivity contribution is -0.120. The second kappa shape index (κ2) is 17.5. The number of aliphatic hydroxyl groups excluding tert-OH is 1. The van der Waals surface area contributed by atoms with Crippen molar-refractivity contribution in [3.05, 3.63) is 77.7 Å². The summed E-state index contributed by atoms with van der Waals surface area (Å²) in [7, 11) is 1.63. The number of benzene rings is 2. The molecule has 8 rings (SSSR count). The van der Waals surface area contributed by atoms with Crippen LogP contribution in [0.4, 0.5) is 22.2 Å². The maximum Gasteiger partial charge on any atom is 0.329 e. The number of carbonyl (C=O) groups is 2. The van der Waals surface area contributed by atoms with E-state index < -0.39 is 17.0 Å². The van der Waals surface area contributed by atoms with E-state index in [1.807, 2.05) is 40.4 Å². The van der Waals surface area contributed by atoms with Gasteiger partial charge >= 0.3 is 6.03 Å². The third-order valence-corrected chi connectivity index (χ3v) is 12.6. The van der Waals surface area contributed by atoms with Crippen molar-refractivity contribution in [2.45, 2.75) is 55.4 Å². The molecule has 292 valence electrons. The molecule has 4 aromatic rings. The zero-order valence-electron chi connectivity index (χ0n) is 31.3. The largest absolute Gasteiger partial charge is 0.400 e. The van der Waals surface area contributed by atoms with Crippen molar-refractivity contribution in [3.63, 3.8) is 0 Å². The summed E-state index contributed by atoms with van der Waals surface area (Å²) >= 11 is 5.90. The molecule has 0 saturated carbocycles. The molecule has 2 aromatic carbocycles. The fourth-order valence-electron chi connectivity index (χ4n) is 8.03. The summed E-state index contributed by atoms with van der Waals surface area (Å²) in [6.45, 7) is 6.32. The van der Waals surface area contributed by atoms with Gasteiger partial charge in [0.1, 0.15) is 0 Å². The Kier molecular flexibility index (Phi) is 12.3. The Hall–Kier alpha value is -4.57. The van der Waals surface area contributed by atoms with E-state index in [2.05, 4.69) is 65.8 Å². The fourth-order valence-corrected chi connectivity index (χ4v) is 9.27. The van der Waals surface area contributed by atoms with Gasteiger partial charge in [-0.25, -0.2) is 19.0 Å². The number of piperidine rings is 2. The first-order chi connectivity index (χ1) is 26.8. The molecule has 3 N–H and O–H groups in total. The van der Waals surface area contributed by atoms with Crippen molar-refractivity contribution in [1.82, 2.24) is 34.3 Å². The van der Waals surface area contributed by atoms with Crippen LogP contribution in [-0.4, -0.2) is 109 Å². The van der Waals surface area contributed by atoms with Crippen LogP contribution in [0.3, 0.4) is 0 Å². The highest BCUT2D eigenvalue weighted by Crippen LogP contribution is 2.35. The van der Waals surface area contributed by atoms with Crippen molar-refractivity contribution in [1.29, 1.82) is 0 Å². The predicted octanol–water partition coefficient (Wildman–Crippen LogP) is 4.89. The number of hydrogen-bond acceptors (Lipinski definition) is 10. The van der Waals surface area contributed by atoms with E-state index in [0.717, 1.165) is 93.4 Å². The molecule has 2 atom stereocenters. The van der Waals surface area contributed by atoms with Gasteiger partial charge in [-0.05, 0) is 99.0 Å². The number of aryl methyl sites for hydroxylation is 1. The SMILES string of the molecule is CO.Cn1nc(N2CCC(=O)NC2=O)c2ccc(C3CCN(CC4CCN(c5cccc(S(=O)N6C=C[C@@H](Nc7ncc(Cl)cn7)CC6)c5)CC4)CC3)cc21. The normalized spacial score (nSPS) is 20.7. The lowest BCUT2D eigenvalue weighted by Gasteiger charge is -2.38. The van der Waals surface area contributed by atoms with Crippen LogP contribution in [0.2, 0.25) is 5.02 Å². The van der Waals surface area contributed by atoms with Crippen molar-refractivity contribution in [2.24, 2.45) is 13.0 Å². The fraction of sp³-hybridized carbons (Fsp3) is 0.462. The minimum Gasteiger partial charge on any atom is -0.400 e. The minimum absolute atomic E-state index is 0.0630. The summed E-state index contributed by atoms with van der Waals surface area (Å²) in [6.07, 6.45) is 12.7. The predicted molar refractivity (Wildman–Crippen MR) is 215 cm³/mol. The molecule has 16 heteroatoms. The number of hydrogen-bond donors (Lipinski definition) is 3. The maximum absolute atomic E-state index is 13.6. The van der Waals surface area contributed by atoms with Crippen LogP contribution in [0.1, 0.15) is 50.0 Å². The number of imide groups is 1. The van der Waals surface area contributed by atoms with Crippen LogP contribution >= 0.6 is 11.6 Å². The number of halogens is 1. The monoisotopic (exact) mass is 788 g/mol. The Balaban J connectivity index is 0.00000229. The molecular weight excluding hydrogens is 740 g/mol. The molecule has 55 heavy (non-hydrogen) atoms. The number of amides is 3. The number of nitrogens with one attached hydrogen (secondary N) is 2. The van der Waals surface area contributed by atoms with Crippen molar-refractivity contribution in [3.8, 4) is 0 Å². The summed E-state index contributed by atoms with van der Waals surface area (Å²) in [6, 6.07) is 14.4. The maximum atomic E-state index is 13.6. The number of likely N-dealkylation sites (tertiary alicyclic amines) is 1. The average Bonchev–Trinajstić information content (AvgIpc) is 3.55. The molecule has 0 aliphatic carbocycles. The Morgan fingerprint density at radius 3 is 2.42 bits per heavy atom. The van der Waals surface area contributed by atoms with Crippen molar-refractivity contribution < 1.29 is 18.9 Å². The molecule has 3 fully saturated rings. The molecule has 4 aliphatic rings. The quantitative estimate of drug-likeness (QED) is 0.214. The highest BCUT2D eigenvalue weighted by molar-refractivity contribution is 7.82. The zero-order valence-corrected chi connectivity index (χ0v) is 32.9. The molecule has 4 aliphatic heterocycles. The molecule has 0 spiro atoms. The number of nitrogens with zero attached hydrogens (tertiary/aromatic N) is 8. The lowest BCUT2D eigenvalue weighted by Crippen LogP contribution is -2.49. The van der Waals surface area contributed by atoms with E-state index in [-0.39, 0.29) is 18.4 Å². The van der Waals surface area contributed by atoms with E-state index in [1.165, 1.54) is 5.56 Å². The van der Waals surface area contributed by atoms with Gasteiger partial charge in [-0.15, -0.1) is 0 Å². The van der Waals surface area contributed by atoms with E-state index >= 15 is 0 Å². The molecular formula is C39H49ClN10O4S. The van der Waals surface area contributed by atoms with Gasteiger partial charge in [-0.1, -0.05) is 23.7 Å². The smallest absolute Gasteiger partial charge is 0.329 e. The number of aliphatic hydroxyl groups is 1. The van der Waals surface area contributed by atoms with Crippen LogP contribution in [-0.2, 0) is 22.8 Å². The van der Waals surface area contributed by atoms with Crippen LogP contribution in [0, 0.1) is 5.92 Å².